The van der Waals surface area contributed by atoms with E-state index in [4.69, 9.17) is 0 Å². The van der Waals surface area contributed by atoms with Gasteiger partial charge in [0.2, 0.25) is 15.0 Å². The normalized spacial score (nSPS) is 23.3. The summed E-state index contributed by atoms with van der Waals surface area (Å²) in [5.41, 5.74) is 0. The number of amides is 1. The highest BCUT2D eigenvalue weighted by Gasteiger charge is 2.35. The monoisotopic (exact) mass is 358 g/mol. The highest BCUT2D eigenvalue weighted by molar-refractivity contribution is 7.90. The first-order valence-corrected chi connectivity index (χ1v) is 10.4. The van der Waals surface area contributed by atoms with E-state index in [0.29, 0.717) is 24.4 Å². The molecule has 0 bridgehead atoms. The van der Waals surface area contributed by atoms with Crippen molar-refractivity contribution in [3.05, 3.63) is 10.0 Å². The number of aryl methyl sites for hydroxylation is 1. The molecule has 1 aliphatic heterocycles. The lowest BCUT2D eigenvalue weighted by Crippen LogP contribution is -2.49. The molecule has 0 unspecified atom stereocenters. The van der Waals surface area contributed by atoms with Crippen LogP contribution in [0, 0.1) is 6.92 Å². The molecule has 23 heavy (non-hydrogen) atoms. The predicted octanol–water partition coefficient (Wildman–Crippen LogP) is 1.31. The van der Waals surface area contributed by atoms with E-state index in [1.807, 2.05) is 0 Å². The third-order valence-corrected chi connectivity index (χ3v) is 7.25. The number of rotatable bonds is 4. The molecule has 2 fully saturated rings. The fourth-order valence-corrected chi connectivity index (χ4v) is 5.67. The topological polar surface area (TPSA) is 92.3 Å². The van der Waals surface area contributed by atoms with Crippen molar-refractivity contribution < 1.29 is 13.2 Å². The lowest BCUT2D eigenvalue weighted by molar-refractivity contribution is 0.0725. The SMILES string of the molecule is Cc1nnc(C(=O)N2CCC[C@@H](S(=O)(=O)NC3CCCC3)C2)s1. The van der Waals surface area contributed by atoms with Crippen LogP contribution in [0.1, 0.15) is 53.3 Å². The molecular formula is C14H22N4O3S2. The molecule has 0 spiro atoms. The maximum atomic E-state index is 12.6. The van der Waals surface area contributed by atoms with Gasteiger partial charge in [-0.05, 0) is 32.6 Å². The minimum atomic E-state index is -3.39. The van der Waals surface area contributed by atoms with Gasteiger partial charge in [0, 0.05) is 19.1 Å². The van der Waals surface area contributed by atoms with E-state index >= 15 is 0 Å². The fraction of sp³-hybridized carbons (Fsp3) is 0.786. The van der Waals surface area contributed by atoms with Crippen molar-refractivity contribution in [1.82, 2.24) is 19.8 Å². The van der Waals surface area contributed by atoms with Crippen LogP contribution < -0.4 is 4.72 Å². The standard InChI is InChI=1S/C14H22N4O3S2/c1-10-15-16-13(22-10)14(19)18-8-4-7-12(9-18)23(20,21)17-11-5-2-3-6-11/h11-12,17H,2-9H2,1H3/t12-/m1/s1. The molecule has 3 rings (SSSR count). The zero-order valence-electron chi connectivity index (χ0n) is 13.2. The van der Waals surface area contributed by atoms with Crippen LogP contribution in [0.15, 0.2) is 0 Å². The number of piperidine rings is 1. The van der Waals surface area contributed by atoms with Crippen LogP contribution in [0.2, 0.25) is 0 Å². The fourth-order valence-electron chi connectivity index (χ4n) is 3.27. The van der Waals surface area contributed by atoms with Crippen molar-refractivity contribution in [3.63, 3.8) is 0 Å². The summed E-state index contributed by atoms with van der Waals surface area (Å²) >= 11 is 1.25. The first kappa shape index (κ1) is 16.8. The average Bonchev–Trinajstić information content (AvgIpc) is 3.18. The summed E-state index contributed by atoms with van der Waals surface area (Å²) in [4.78, 5) is 14.0. The maximum absolute atomic E-state index is 12.6. The van der Waals surface area contributed by atoms with E-state index in [2.05, 4.69) is 14.9 Å². The summed E-state index contributed by atoms with van der Waals surface area (Å²) in [7, 11) is -3.39. The molecular weight excluding hydrogens is 336 g/mol. The van der Waals surface area contributed by atoms with Crippen molar-refractivity contribution in [2.24, 2.45) is 0 Å². The Labute approximate surface area is 140 Å². The van der Waals surface area contributed by atoms with Crippen molar-refractivity contribution in [1.29, 1.82) is 0 Å². The van der Waals surface area contributed by atoms with Gasteiger partial charge < -0.3 is 4.90 Å². The minimum absolute atomic E-state index is 0.0666. The van der Waals surface area contributed by atoms with E-state index in [1.54, 1.807) is 11.8 Å². The van der Waals surface area contributed by atoms with E-state index < -0.39 is 15.3 Å². The summed E-state index contributed by atoms with van der Waals surface area (Å²) in [6, 6.07) is 0.0666. The minimum Gasteiger partial charge on any atom is -0.335 e. The summed E-state index contributed by atoms with van der Waals surface area (Å²) < 4.78 is 28.0. The van der Waals surface area contributed by atoms with Gasteiger partial charge in [0.1, 0.15) is 5.01 Å². The van der Waals surface area contributed by atoms with Gasteiger partial charge in [-0.15, -0.1) is 10.2 Å². The molecule has 2 heterocycles. The average molecular weight is 358 g/mol. The number of nitrogens with zero attached hydrogens (tertiary/aromatic N) is 3. The zero-order valence-corrected chi connectivity index (χ0v) is 14.8. The number of carbonyl (C=O) groups excluding carboxylic acids is 1. The highest BCUT2D eigenvalue weighted by atomic mass is 32.2. The number of carbonyl (C=O) groups is 1. The number of likely N-dealkylation sites (tertiary alicyclic amines) is 1. The van der Waals surface area contributed by atoms with E-state index in [1.165, 1.54) is 11.3 Å². The molecule has 1 saturated carbocycles. The Morgan fingerprint density at radius 1 is 1.22 bits per heavy atom. The third kappa shape index (κ3) is 3.89. The van der Waals surface area contributed by atoms with Crippen LogP contribution >= 0.6 is 11.3 Å². The number of hydrogen-bond donors (Lipinski definition) is 1. The van der Waals surface area contributed by atoms with Gasteiger partial charge in [-0.2, -0.15) is 0 Å². The molecule has 1 N–H and O–H groups in total. The Bertz CT molecular complexity index is 667. The summed E-state index contributed by atoms with van der Waals surface area (Å²) in [6.07, 6.45) is 5.29. The zero-order chi connectivity index (χ0) is 16.4. The highest BCUT2D eigenvalue weighted by Crippen LogP contribution is 2.23. The number of nitrogens with one attached hydrogen (secondary N) is 1. The second-order valence-electron chi connectivity index (χ2n) is 6.29. The Balaban J connectivity index is 1.66. The number of hydrogen-bond acceptors (Lipinski definition) is 6. The van der Waals surface area contributed by atoms with Gasteiger partial charge in [-0.1, -0.05) is 24.2 Å². The summed E-state index contributed by atoms with van der Waals surface area (Å²) in [5, 5.41) is 8.27. The summed E-state index contributed by atoms with van der Waals surface area (Å²) in [6.45, 7) is 2.61. The number of sulfonamides is 1. The quantitative estimate of drug-likeness (QED) is 0.876. The van der Waals surface area contributed by atoms with Gasteiger partial charge in [0.05, 0.1) is 5.25 Å². The Morgan fingerprint density at radius 2 is 1.96 bits per heavy atom. The van der Waals surface area contributed by atoms with Gasteiger partial charge in [0.15, 0.2) is 0 Å². The Morgan fingerprint density at radius 3 is 2.61 bits per heavy atom. The van der Waals surface area contributed by atoms with Gasteiger partial charge in [-0.25, -0.2) is 13.1 Å². The molecule has 1 aliphatic carbocycles. The van der Waals surface area contributed by atoms with Crippen LogP contribution in [-0.2, 0) is 10.0 Å². The van der Waals surface area contributed by atoms with Crippen molar-refractivity contribution >= 4 is 27.3 Å². The largest absolute Gasteiger partial charge is 0.335 e. The molecule has 1 atom stereocenters. The van der Waals surface area contributed by atoms with E-state index in [9.17, 15) is 13.2 Å². The Hall–Kier alpha value is -1.06. The number of aromatic nitrogens is 2. The Kier molecular flexibility index (Phi) is 4.98. The molecule has 2 aliphatic rings. The third-order valence-electron chi connectivity index (χ3n) is 4.50. The van der Waals surface area contributed by atoms with E-state index in [0.717, 1.165) is 30.7 Å². The van der Waals surface area contributed by atoms with Crippen LogP contribution in [-0.4, -0.2) is 53.8 Å². The van der Waals surface area contributed by atoms with Crippen LogP contribution in [0.25, 0.3) is 0 Å². The smallest absolute Gasteiger partial charge is 0.284 e. The molecule has 0 radical (unpaired) electrons. The van der Waals surface area contributed by atoms with Crippen molar-refractivity contribution in [2.45, 2.75) is 56.7 Å². The first-order valence-electron chi connectivity index (χ1n) is 8.06. The molecule has 128 valence electrons. The summed E-state index contributed by atoms with van der Waals surface area (Å²) in [5.74, 6) is -0.212. The molecule has 0 aromatic carbocycles. The second-order valence-corrected chi connectivity index (χ2v) is 9.46. The lowest BCUT2D eigenvalue weighted by Gasteiger charge is -2.32. The van der Waals surface area contributed by atoms with Crippen molar-refractivity contribution in [3.8, 4) is 0 Å². The molecule has 1 saturated heterocycles. The molecule has 9 heteroatoms. The van der Waals surface area contributed by atoms with E-state index in [-0.39, 0.29) is 18.5 Å². The predicted molar refractivity (Wildman–Crippen MR) is 87.9 cm³/mol. The second kappa shape index (κ2) is 6.82. The van der Waals surface area contributed by atoms with Crippen LogP contribution in [0.3, 0.4) is 0 Å². The van der Waals surface area contributed by atoms with Crippen LogP contribution in [0.5, 0.6) is 0 Å². The first-order chi connectivity index (χ1) is 11.0. The van der Waals surface area contributed by atoms with Crippen molar-refractivity contribution in [2.75, 3.05) is 13.1 Å². The van der Waals surface area contributed by atoms with Gasteiger partial charge >= 0.3 is 0 Å². The molecule has 1 aromatic heterocycles. The van der Waals surface area contributed by atoms with Crippen LogP contribution in [0.4, 0.5) is 0 Å². The van der Waals surface area contributed by atoms with Gasteiger partial charge in [0.25, 0.3) is 5.91 Å². The molecule has 7 nitrogen and oxygen atoms in total. The van der Waals surface area contributed by atoms with Gasteiger partial charge in [-0.3, -0.25) is 4.79 Å². The molecule has 1 amide bonds. The maximum Gasteiger partial charge on any atom is 0.284 e. The lowest BCUT2D eigenvalue weighted by atomic mass is 10.1. The molecule has 1 aromatic rings.